The molecular weight excluding hydrogens is 540 g/mol. The summed E-state index contributed by atoms with van der Waals surface area (Å²) < 4.78 is 7.28. The number of benzene rings is 1. The Morgan fingerprint density at radius 2 is 1.90 bits per heavy atom. The van der Waals surface area contributed by atoms with Crippen molar-refractivity contribution in [2.45, 2.75) is 62.7 Å². The number of urea groups is 1. The van der Waals surface area contributed by atoms with Gasteiger partial charge < -0.3 is 36.2 Å². The summed E-state index contributed by atoms with van der Waals surface area (Å²) >= 11 is 6.01. The van der Waals surface area contributed by atoms with Gasteiger partial charge in [0.1, 0.15) is 23.5 Å². The Morgan fingerprint density at radius 1 is 1.12 bits per heavy atom. The van der Waals surface area contributed by atoms with Crippen molar-refractivity contribution in [3.05, 3.63) is 41.4 Å². The van der Waals surface area contributed by atoms with Crippen molar-refractivity contribution >= 4 is 46.2 Å². The first-order valence-corrected chi connectivity index (χ1v) is 13.8. The number of aromatic nitrogens is 4. The Morgan fingerprint density at radius 3 is 2.62 bits per heavy atom. The zero-order valence-corrected chi connectivity index (χ0v) is 22.4. The lowest BCUT2D eigenvalue weighted by atomic mass is 9.93. The van der Waals surface area contributed by atoms with Crippen molar-refractivity contribution in [2.75, 3.05) is 24.1 Å². The molecule has 4 heterocycles. The standard InChI is InChI=1S/C26H31ClN8O5/c27-14-2-1-3-16(11-14)31-26(39)34-8-6-13(7-9-34)10-17-32-22(28)18-23(33-17)35(12-29-18)25-20(37)19(36)21(40-25)24(38)30-15-4-5-15/h1-3,11-13,15,19-21,25,36-37H,4-10H2,(H,30,38)(H,31,39)(H2,28,32,33)/t19?,20?,21-,25+/m0/s1. The van der Waals surface area contributed by atoms with Crippen LogP contribution in [0.4, 0.5) is 16.3 Å². The maximum atomic E-state index is 12.7. The summed E-state index contributed by atoms with van der Waals surface area (Å²) in [4.78, 5) is 40.4. The van der Waals surface area contributed by atoms with Gasteiger partial charge in [-0.3, -0.25) is 9.36 Å². The van der Waals surface area contributed by atoms with Crippen molar-refractivity contribution in [1.29, 1.82) is 0 Å². The lowest BCUT2D eigenvalue weighted by molar-refractivity contribution is -0.137. The molecule has 2 aliphatic heterocycles. The Bertz CT molecular complexity index is 1420. The van der Waals surface area contributed by atoms with Crippen molar-refractivity contribution in [2.24, 2.45) is 5.92 Å². The first-order valence-electron chi connectivity index (χ1n) is 13.4. The second kappa shape index (κ2) is 10.8. The molecule has 0 bridgehead atoms. The van der Waals surface area contributed by atoms with E-state index in [0.717, 1.165) is 25.7 Å². The van der Waals surface area contributed by atoms with Gasteiger partial charge in [-0.15, -0.1) is 0 Å². The molecule has 1 aromatic carbocycles. The molecule has 14 heteroatoms. The number of aliphatic hydroxyl groups is 2. The number of hydrogen-bond donors (Lipinski definition) is 5. The molecule has 6 N–H and O–H groups in total. The van der Waals surface area contributed by atoms with E-state index < -0.39 is 30.4 Å². The van der Waals surface area contributed by atoms with E-state index in [9.17, 15) is 19.8 Å². The quantitative estimate of drug-likeness (QED) is 0.293. The number of carbonyl (C=O) groups excluding carboxylic acids is 2. The summed E-state index contributed by atoms with van der Waals surface area (Å²) in [5.74, 6) is 0.468. The predicted octanol–water partition coefficient (Wildman–Crippen LogP) is 1.45. The number of carbonyl (C=O) groups is 2. The van der Waals surface area contributed by atoms with Gasteiger partial charge >= 0.3 is 6.03 Å². The van der Waals surface area contributed by atoms with E-state index in [2.05, 4.69) is 25.6 Å². The molecule has 1 aliphatic carbocycles. The van der Waals surface area contributed by atoms with E-state index in [4.69, 9.17) is 22.1 Å². The molecular formula is C26H31ClN8O5. The molecule has 2 unspecified atom stereocenters. The minimum Gasteiger partial charge on any atom is -0.387 e. The zero-order chi connectivity index (χ0) is 28.0. The highest BCUT2D eigenvalue weighted by atomic mass is 35.5. The average Bonchev–Trinajstić information content (AvgIpc) is 3.56. The molecule has 3 aromatic rings. The fraction of sp³-hybridized carbons (Fsp3) is 0.500. The fourth-order valence-electron chi connectivity index (χ4n) is 5.25. The number of nitrogens with two attached hydrogens (primary N) is 1. The molecule has 3 amide bonds. The van der Waals surface area contributed by atoms with Gasteiger partial charge in [-0.1, -0.05) is 17.7 Å². The molecule has 1 saturated carbocycles. The molecule has 0 spiro atoms. The Balaban J connectivity index is 1.11. The van der Waals surface area contributed by atoms with Crippen LogP contribution in [0.1, 0.15) is 37.7 Å². The van der Waals surface area contributed by atoms with Crippen LogP contribution >= 0.6 is 11.6 Å². The third-order valence-corrected chi connectivity index (χ3v) is 7.87. The largest absolute Gasteiger partial charge is 0.387 e. The number of amides is 3. The molecule has 6 rings (SSSR count). The van der Waals surface area contributed by atoms with E-state index in [1.165, 1.54) is 10.9 Å². The van der Waals surface area contributed by atoms with Crippen LogP contribution in [0.2, 0.25) is 5.02 Å². The fourth-order valence-corrected chi connectivity index (χ4v) is 5.44. The minimum absolute atomic E-state index is 0.0906. The van der Waals surface area contributed by atoms with Crippen molar-refractivity contribution in [3.63, 3.8) is 0 Å². The van der Waals surface area contributed by atoms with Crippen LogP contribution in [0.5, 0.6) is 0 Å². The lowest BCUT2D eigenvalue weighted by Gasteiger charge is -2.31. The predicted molar refractivity (Wildman–Crippen MR) is 145 cm³/mol. The van der Waals surface area contributed by atoms with E-state index in [1.807, 2.05) is 0 Å². The number of rotatable bonds is 6. The number of hydrogen-bond acceptors (Lipinski definition) is 9. The van der Waals surface area contributed by atoms with Crippen LogP contribution in [0.3, 0.4) is 0 Å². The number of anilines is 2. The number of likely N-dealkylation sites (tertiary alicyclic amines) is 1. The lowest BCUT2D eigenvalue weighted by Crippen LogP contribution is -2.43. The monoisotopic (exact) mass is 570 g/mol. The third kappa shape index (κ3) is 5.42. The number of nitrogen functional groups attached to an aromatic ring is 1. The van der Waals surface area contributed by atoms with E-state index in [1.54, 1.807) is 29.2 Å². The average molecular weight is 571 g/mol. The van der Waals surface area contributed by atoms with Crippen molar-refractivity contribution in [1.82, 2.24) is 29.7 Å². The number of piperidine rings is 1. The van der Waals surface area contributed by atoms with Crippen LogP contribution in [0.25, 0.3) is 11.2 Å². The molecule has 3 fully saturated rings. The minimum atomic E-state index is -1.40. The van der Waals surface area contributed by atoms with Crippen molar-refractivity contribution < 1.29 is 24.5 Å². The van der Waals surface area contributed by atoms with Gasteiger partial charge in [0, 0.05) is 36.3 Å². The smallest absolute Gasteiger partial charge is 0.321 e. The third-order valence-electron chi connectivity index (χ3n) is 7.64. The Hall–Kier alpha value is -3.52. The summed E-state index contributed by atoms with van der Waals surface area (Å²) in [6.07, 6.45) is 0.209. The second-order valence-electron chi connectivity index (χ2n) is 10.6. The second-order valence-corrected chi connectivity index (χ2v) is 11.1. The van der Waals surface area contributed by atoms with Gasteiger partial charge in [-0.05, 0) is 49.8 Å². The van der Waals surface area contributed by atoms with Gasteiger partial charge in [0.05, 0.1) is 6.33 Å². The molecule has 40 heavy (non-hydrogen) atoms. The van der Waals surface area contributed by atoms with Crippen LogP contribution in [-0.2, 0) is 16.0 Å². The summed E-state index contributed by atoms with van der Waals surface area (Å²) in [5.41, 5.74) is 7.54. The summed E-state index contributed by atoms with van der Waals surface area (Å²) in [7, 11) is 0. The topological polar surface area (TPSA) is 181 Å². The van der Waals surface area contributed by atoms with Gasteiger partial charge in [-0.25, -0.2) is 19.7 Å². The normalized spacial score (nSPS) is 25.3. The number of nitrogens with one attached hydrogen (secondary N) is 2. The van der Waals surface area contributed by atoms with Crippen molar-refractivity contribution in [3.8, 4) is 0 Å². The number of ether oxygens (including phenoxy) is 1. The molecule has 0 radical (unpaired) electrons. The molecule has 3 aliphatic rings. The van der Waals surface area contributed by atoms with Crippen LogP contribution in [0.15, 0.2) is 30.6 Å². The summed E-state index contributed by atoms with van der Waals surface area (Å²) in [5, 5.41) is 27.5. The maximum absolute atomic E-state index is 12.7. The van der Waals surface area contributed by atoms with Crippen LogP contribution in [0, 0.1) is 5.92 Å². The van der Waals surface area contributed by atoms with Crippen LogP contribution < -0.4 is 16.4 Å². The molecule has 4 atom stereocenters. The summed E-state index contributed by atoms with van der Waals surface area (Å²) in [6.45, 7) is 1.16. The number of nitrogens with zero attached hydrogens (tertiary/aromatic N) is 5. The number of fused-ring (bicyclic) bond motifs is 1. The Kier molecular flexibility index (Phi) is 7.21. The highest BCUT2D eigenvalue weighted by Gasteiger charge is 2.48. The van der Waals surface area contributed by atoms with Gasteiger partial charge in [-0.2, -0.15) is 0 Å². The molecule has 2 aromatic heterocycles. The molecule has 212 valence electrons. The first kappa shape index (κ1) is 26.7. The van der Waals surface area contributed by atoms with E-state index >= 15 is 0 Å². The zero-order valence-electron chi connectivity index (χ0n) is 21.6. The maximum Gasteiger partial charge on any atom is 0.321 e. The Labute approximate surface area is 234 Å². The van der Waals surface area contributed by atoms with Gasteiger partial charge in [0.25, 0.3) is 5.91 Å². The number of imidazole rings is 1. The molecule has 2 saturated heterocycles. The molecule has 13 nitrogen and oxygen atoms in total. The van der Waals surface area contributed by atoms with E-state index in [0.29, 0.717) is 47.2 Å². The first-order chi connectivity index (χ1) is 19.3. The van der Waals surface area contributed by atoms with Gasteiger partial charge in [0.15, 0.2) is 23.8 Å². The number of halogens is 1. The highest BCUT2D eigenvalue weighted by molar-refractivity contribution is 6.30. The number of aliphatic hydroxyl groups excluding tert-OH is 2. The highest BCUT2D eigenvalue weighted by Crippen LogP contribution is 2.33. The van der Waals surface area contributed by atoms with Gasteiger partial charge in [0.2, 0.25) is 0 Å². The van der Waals surface area contributed by atoms with E-state index in [-0.39, 0.29) is 23.8 Å². The SMILES string of the molecule is Nc1nc(CC2CCN(C(=O)Nc3cccc(Cl)c3)CC2)nc2c1ncn2[C@@H]1O[C@H](C(=O)NC2CC2)C(O)C1O. The summed E-state index contributed by atoms with van der Waals surface area (Å²) in [6, 6.07) is 6.94. The van der Waals surface area contributed by atoms with Crippen LogP contribution in [-0.4, -0.2) is 84.0 Å².